The Bertz CT molecular complexity index is 321. The number of hydrogen-bond acceptors (Lipinski definition) is 2. The Labute approximate surface area is 98.8 Å². The van der Waals surface area contributed by atoms with Crippen LogP contribution in [0.3, 0.4) is 0 Å². The molecule has 1 unspecified atom stereocenters. The lowest BCUT2D eigenvalue weighted by Gasteiger charge is -2.10. The van der Waals surface area contributed by atoms with Crippen molar-refractivity contribution in [3.8, 4) is 5.75 Å². The van der Waals surface area contributed by atoms with Crippen LogP contribution in [0.5, 0.6) is 5.75 Å². The van der Waals surface area contributed by atoms with Crippen LogP contribution in [-0.4, -0.2) is 13.2 Å². The maximum Gasteiger partial charge on any atom is 0.119 e. The highest BCUT2D eigenvalue weighted by molar-refractivity contribution is 5.35. The van der Waals surface area contributed by atoms with E-state index >= 15 is 0 Å². The first-order valence-corrected chi connectivity index (χ1v) is 6.08. The van der Waals surface area contributed by atoms with E-state index in [0.717, 1.165) is 31.4 Å². The molecule has 0 aliphatic rings. The monoisotopic (exact) mass is 221 g/mol. The van der Waals surface area contributed by atoms with Gasteiger partial charge in [0.15, 0.2) is 0 Å². The molecule has 0 aliphatic carbocycles. The Kier molecular flexibility index (Phi) is 5.33. The average molecular weight is 221 g/mol. The van der Waals surface area contributed by atoms with Gasteiger partial charge in [-0.05, 0) is 55.9 Å². The topological polar surface area (TPSA) is 35.2 Å². The molecule has 0 radical (unpaired) electrons. The lowest BCUT2D eigenvalue weighted by molar-refractivity contribution is 0.414. The van der Waals surface area contributed by atoms with Crippen LogP contribution in [0.15, 0.2) is 18.2 Å². The number of benzene rings is 1. The van der Waals surface area contributed by atoms with Crippen molar-refractivity contribution in [2.45, 2.75) is 45.6 Å². The predicted octanol–water partition coefficient (Wildman–Crippen LogP) is 2.93. The minimum atomic E-state index is 0.309. The summed E-state index contributed by atoms with van der Waals surface area (Å²) in [5.41, 5.74) is 8.58. The third-order valence-corrected chi connectivity index (χ3v) is 2.90. The summed E-state index contributed by atoms with van der Waals surface area (Å²) in [6.07, 6.45) is 4.44. The van der Waals surface area contributed by atoms with E-state index in [1.165, 1.54) is 11.1 Å². The number of hydrogen-bond donors (Lipinski definition) is 1. The summed E-state index contributed by atoms with van der Waals surface area (Å²) in [5.74, 6) is 0.952. The van der Waals surface area contributed by atoms with Crippen molar-refractivity contribution >= 4 is 0 Å². The highest BCUT2D eigenvalue weighted by Crippen LogP contribution is 2.20. The van der Waals surface area contributed by atoms with Crippen LogP contribution in [0.2, 0.25) is 0 Å². The molecule has 0 spiro atoms. The van der Waals surface area contributed by atoms with Crippen LogP contribution in [0.1, 0.15) is 37.8 Å². The molecule has 2 N–H and O–H groups in total. The quantitative estimate of drug-likeness (QED) is 0.801. The summed E-state index contributed by atoms with van der Waals surface area (Å²) in [4.78, 5) is 0. The molecule has 0 saturated heterocycles. The van der Waals surface area contributed by atoms with E-state index in [1.807, 2.05) is 6.07 Å². The van der Waals surface area contributed by atoms with Crippen LogP contribution in [0.25, 0.3) is 0 Å². The predicted molar refractivity (Wildman–Crippen MR) is 69.0 cm³/mol. The Morgan fingerprint density at radius 2 is 2.06 bits per heavy atom. The minimum absolute atomic E-state index is 0.309. The van der Waals surface area contributed by atoms with Gasteiger partial charge in [0.1, 0.15) is 5.75 Å². The molecule has 0 bridgehead atoms. The zero-order valence-electron chi connectivity index (χ0n) is 10.6. The van der Waals surface area contributed by atoms with Crippen molar-refractivity contribution < 1.29 is 4.74 Å². The number of rotatable bonds is 6. The number of nitrogens with two attached hydrogens (primary N) is 1. The van der Waals surface area contributed by atoms with Crippen LogP contribution in [-0.2, 0) is 12.8 Å². The third kappa shape index (κ3) is 3.86. The lowest BCUT2D eigenvalue weighted by atomic mass is 9.99. The van der Waals surface area contributed by atoms with E-state index < -0.39 is 0 Å². The van der Waals surface area contributed by atoms with Crippen molar-refractivity contribution in [2.24, 2.45) is 5.73 Å². The number of ether oxygens (including phenoxy) is 1. The Hall–Kier alpha value is -1.02. The fourth-order valence-electron chi connectivity index (χ4n) is 1.92. The highest BCUT2D eigenvalue weighted by atomic mass is 16.5. The van der Waals surface area contributed by atoms with Gasteiger partial charge in [0.2, 0.25) is 0 Å². The van der Waals surface area contributed by atoms with Gasteiger partial charge in [0, 0.05) is 6.04 Å². The van der Waals surface area contributed by atoms with Gasteiger partial charge in [-0.15, -0.1) is 0 Å². The van der Waals surface area contributed by atoms with Crippen molar-refractivity contribution in [1.82, 2.24) is 0 Å². The average Bonchev–Trinajstić information content (AvgIpc) is 2.29. The zero-order valence-corrected chi connectivity index (χ0v) is 10.6. The van der Waals surface area contributed by atoms with Crippen LogP contribution in [0.4, 0.5) is 0 Å². The van der Waals surface area contributed by atoms with Crippen molar-refractivity contribution in [3.05, 3.63) is 29.3 Å². The summed E-state index contributed by atoms with van der Waals surface area (Å²) in [6.45, 7) is 4.25. The number of methoxy groups -OCH3 is 1. The molecule has 0 saturated carbocycles. The summed E-state index contributed by atoms with van der Waals surface area (Å²) >= 11 is 0. The molecule has 2 heteroatoms. The van der Waals surface area contributed by atoms with Crippen molar-refractivity contribution in [2.75, 3.05) is 7.11 Å². The van der Waals surface area contributed by atoms with E-state index in [-0.39, 0.29) is 0 Å². The van der Waals surface area contributed by atoms with Gasteiger partial charge in [-0.2, -0.15) is 0 Å². The van der Waals surface area contributed by atoms with Crippen LogP contribution in [0, 0.1) is 0 Å². The van der Waals surface area contributed by atoms with E-state index in [9.17, 15) is 0 Å². The van der Waals surface area contributed by atoms with Gasteiger partial charge < -0.3 is 10.5 Å². The zero-order chi connectivity index (χ0) is 12.0. The molecule has 0 amide bonds. The van der Waals surface area contributed by atoms with Gasteiger partial charge in [-0.25, -0.2) is 0 Å². The summed E-state index contributed by atoms with van der Waals surface area (Å²) < 4.78 is 5.23. The minimum Gasteiger partial charge on any atom is -0.497 e. The molecule has 1 atom stereocenters. The standard InChI is InChI=1S/C14H23NO/c1-4-12-10-14(16-3)9-8-13(12)7-5-6-11(2)15/h8-11H,4-7,15H2,1-3H3. The molecule has 1 rings (SSSR count). The second-order valence-electron chi connectivity index (χ2n) is 4.36. The molecule has 2 nitrogen and oxygen atoms in total. The van der Waals surface area contributed by atoms with Crippen molar-refractivity contribution in [3.63, 3.8) is 0 Å². The maximum atomic E-state index is 5.75. The summed E-state index contributed by atoms with van der Waals surface area (Å²) in [5, 5.41) is 0. The SMILES string of the molecule is CCc1cc(OC)ccc1CCCC(C)N. The molecule has 1 aromatic carbocycles. The molecule has 0 aromatic heterocycles. The second kappa shape index (κ2) is 6.54. The molecular weight excluding hydrogens is 198 g/mol. The van der Waals surface area contributed by atoms with Crippen LogP contribution < -0.4 is 10.5 Å². The van der Waals surface area contributed by atoms with E-state index in [0.29, 0.717) is 6.04 Å². The highest BCUT2D eigenvalue weighted by Gasteiger charge is 2.03. The number of aryl methyl sites for hydroxylation is 2. The molecule has 0 fully saturated rings. The maximum absolute atomic E-state index is 5.75. The first-order valence-electron chi connectivity index (χ1n) is 6.08. The van der Waals surface area contributed by atoms with E-state index in [2.05, 4.69) is 26.0 Å². The summed E-state index contributed by atoms with van der Waals surface area (Å²) in [6, 6.07) is 6.67. The Morgan fingerprint density at radius 3 is 2.62 bits per heavy atom. The van der Waals surface area contributed by atoms with Gasteiger partial charge in [0.05, 0.1) is 7.11 Å². The molecule has 16 heavy (non-hydrogen) atoms. The first kappa shape index (κ1) is 13.0. The molecule has 0 heterocycles. The molecule has 90 valence electrons. The van der Waals surface area contributed by atoms with Gasteiger partial charge >= 0.3 is 0 Å². The van der Waals surface area contributed by atoms with Gasteiger partial charge in [-0.1, -0.05) is 13.0 Å². The molecule has 0 aliphatic heterocycles. The van der Waals surface area contributed by atoms with E-state index in [4.69, 9.17) is 10.5 Å². The Balaban J connectivity index is 2.64. The Morgan fingerprint density at radius 1 is 1.31 bits per heavy atom. The van der Waals surface area contributed by atoms with E-state index in [1.54, 1.807) is 7.11 Å². The fraction of sp³-hybridized carbons (Fsp3) is 0.571. The largest absolute Gasteiger partial charge is 0.497 e. The van der Waals surface area contributed by atoms with Crippen LogP contribution >= 0.6 is 0 Å². The first-order chi connectivity index (χ1) is 7.67. The van der Waals surface area contributed by atoms with Crippen molar-refractivity contribution in [1.29, 1.82) is 0 Å². The van der Waals surface area contributed by atoms with Gasteiger partial charge in [0.25, 0.3) is 0 Å². The molecular formula is C14H23NO. The lowest BCUT2D eigenvalue weighted by Crippen LogP contribution is -2.14. The molecule has 1 aromatic rings. The van der Waals surface area contributed by atoms with Gasteiger partial charge in [-0.3, -0.25) is 0 Å². The summed E-state index contributed by atoms with van der Waals surface area (Å²) in [7, 11) is 1.71. The smallest absolute Gasteiger partial charge is 0.119 e. The normalized spacial score (nSPS) is 12.5. The second-order valence-corrected chi connectivity index (χ2v) is 4.36. The fourth-order valence-corrected chi connectivity index (χ4v) is 1.92. The third-order valence-electron chi connectivity index (χ3n) is 2.90.